The van der Waals surface area contributed by atoms with E-state index in [1.807, 2.05) is 73.7 Å². The molecule has 2 unspecified atom stereocenters. The third kappa shape index (κ3) is 5.07. The van der Waals surface area contributed by atoms with Gasteiger partial charge in [-0.15, -0.1) is 0 Å². The first-order chi connectivity index (χ1) is 16.7. The molecule has 0 aliphatic rings. The van der Waals surface area contributed by atoms with Crippen LogP contribution < -0.4 is 10.2 Å². The van der Waals surface area contributed by atoms with Crippen molar-refractivity contribution in [1.82, 2.24) is 10.3 Å². The zero-order valence-corrected chi connectivity index (χ0v) is 20.6. The minimum Gasteiger partial charge on any atom is -0.378 e. The van der Waals surface area contributed by atoms with E-state index in [-0.39, 0.29) is 17.4 Å². The number of benzene rings is 3. The van der Waals surface area contributed by atoms with E-state index < -0.39 is 26.8 Å². The summed E-state index contributed by atoms with van der Waals surface area (Å²) in [6, 6.07) is 20.5. The van der Waals surface area contributed by atoms with Crippen molar-refractivity contribution in [3.8, 4) is 0 Å². The van der Waals surface area contributed by atoms with Gasteiger partial charge in [0.15, 0.2) is 9.84 Å². The normalized spacial score (nSPS) is 13.4. The van der Waals surface area contributed by atoms with Crippen molar-refractivity contribution >= 4 is 32.3 Å². The molecule has 2 atom stereocenters. The second-order valence-electron chi connectivity index (χ2n) is 8.71. The Hall–Kier alpha value is -3.65. The highest BCUT2D eigenvalue weighted by atomic mass is 32.2. The molecule has 0 spiro atoms. The molecular weight excluding hydrogens is 465 g/mol. The molecule has 0 fully saturated rings. The number of nitrogens with one attached hydrogen (secondary N) is 2. The Kier molecular flexibility index (Phi) is 6.93. The second-order valence-corrected chi connectivity index (χ2v) is 11.0. The van der Waals surface area contributed by atoms with Crippen molar-refractivity contribution in [2.24, 2.45) is 0 Å². The fourth-order valence-corrected chi connectivity index (χ4v) is 5.40. The third-order valence-corrected chi connectivity index (χ3v) is 8.34. The Labute approximate surface area is 204 Å². The molecule has 0 radical (unpaired) electrons. The Morgan fingerprint density at radius 1 is 1.00 bits per heavy atom. The number of halogens is 1. The predicted octanol–water partition coefficient (Wildman–Crippen LogP) is 4.48. The van der Waals surface area contributed by atoms with Crippen LogP contribution in [0, 0.1) is 5.82 Å². The number of carbonyl (C=O) groups is 1. The summed E-state index contributed by atoms with van der Waals surface area (Å²) in [5, 5.41) is 2.55. The zero-order chi connectivity index (χ0) is 25.2. The number of aromatic nitrogens is 1. The zero-order valence-electron chi connectivity index (χ0n) is 19.8. The summed E-state index contributed by atoms with van der Waals surface area (Å²) in [5.41, 5.74) is 4.03. The molecule has 0 aliphatic heterocycles. The third-order valence-electron chi connectivity index (χ3n) is 6.27. The number of amides is 1. The highest BCUT2D eigenvalue weighted by Gasteiger charge is 2.30. The van der Waals surface area contributed by atoms with E-state index in [4.69, 9.17) is 0 Å². The molecule has 2 N–H and O–H groups in total. The predicted molar refractivity (Wildman–Crippen MR) is 137 cm³/mol. The summed E-state index contributed by atoms with van der Waals surface area (Å²) in [7, 11) is -0.0264. The quantitative estimate of drug-likeness (QED) is 0.355. The number of sulfone groups is 1. The van der Waals surface area contributed by atoms with Gasteiger partial charge in [-0.1, -0.05) is 30.3 Å². The molecule has 4 aromatic rings. The van der Waals surface area contributed by atoms with Crippen molar-refractivity contribution in [3.05, 3.63) is 95.9 Å². The van der Waals surface area contributed by atoms with Crippen LogP contribution in [0.2, 0.25) is 0 Å². The largest absolute Gasteiger partial charge is 0.378 e. The molecular formula is C27H28FN3O3S. The summed E-state index contributed by atoms with van der Waals surface area (Å²) in [6.45, 7) is 1.56. The van der Waals surface area contributed by atoms with Gasteiger partial charge >= 0.3 is 0 Å². The van der Waals surface area contributed by atoms with Gasteiger partial charge in [-0.2, -0.15) is 0 Å². The molecule has 3 aromatic carbocycles. The molecule has 6 nitrogen and oxygen atoms in total. The minimum atomic E-state index is -3.96. The maximum Gasteiger partial charge on any atom is 0.238 e. The first-order valence-corrected chi connectivity index (χ1v) is 12.8. The number of aromatic amines is 1. The number of anilines is 1. The van der Waals surface area contributed by atoms with Gasteiger partial charge in [-0.3, -0.25) is 4.79 Å². The molecule has 1 aromatic heterocycles. The summed E-state index contributed by atoms with van der Waals surface area (Å²) < 4.78 is 39.1. The van der Waals surface area contributed by atoms with Crippen LogP contribution in [0.4, 0.5) is 10.1 Å². The van der Waals surface area contributed by atoms with Gasteiger partial charge in [-0.05, 0) is 60.5 Å². The Bertz CT molecular complexity index is 1430. The van der Waals surface area contributed by atoms with Gasteiger partial charge in [0, 0.05) is 49.3 Å². The first kappa shape index (κ1) is 24.5. The summed E-state index contributed by atoms with van der Waals surface area (Å²) in [6.07, 6.45) is 1.93. The number of H-pyrrole nitrogens is 1. The topological polar surface area (TPSA) is 82.3 Å². The number of carbonyl (C=O) groups excluding carboxylic acids is 1. The average molecular weight is 494 g/mol. The molecule has 1 amide bonds. The number of rotatable bonds is 8. The lowest BCUT2D eigenvalue weighted by Crippen LogP contribution is -2.39. The summed E-state index contributed by atoms with van der Waals surface area (Å²) in [4.78, 5) is 18.2. The molecule has 8 heteroatoms. The van der Waals surface area contributed by atoms with E-state index in [9.17, 15) is 17.6 Å². The molecule has 35 heavy (non-hydrogen) atoms. The van der Waals surface area contributed by atoms with Gasteiger partial charge in [0.1, 0.15) is 11.1 Å². The SMILES string of the molecule is CC(C(=O)NCC(c1ccc(N(C)C)cc1)c1c[nH]c2ccccc12)S(=O)(=O)c1ccc(F)cc1. The molecule has 4 rings (SSSR count). The molecule has 1 heterocycles. The Morgan fingerprint density at radius 3 is 2.31 bits per heavy atom. The van der Waals surface area contributed by atoms with E-state index in [1.165, 1.54) is 19.1 Å². The van der Waals surface area contributed by atoms with Gasteiger partial charge in [0.2, 0.25) is 5.91 Å². The lowest BCUT2D eigenvalue weighted by atomic mass is 9.90. The van der Waals surface area contributed by atoms with Crippen LogP contribution in [0.5, 0.6) is 0 Å². The Morgan fingerprint density at radius 2 is 1.66 bits per heavy atom. The van der Waals surface area contributed by atoms with Gasteiger partial charge in [-0.25, -0.2) is 12.8 Å². The molecule has 0 bridgehead atoms. The minimum absolute atomic E-state index is 0.0889. The first-order valence-electron chi connectivity index (χ1n) is 11.3. The standard InChI is InChI=1S/C27H28FN3O3S/c1-18(35(33,34)22-14-10-20(28)11-15-22)27(32)30-16-24(19-8-12-21(13-9-19)31(2)3)25-17-29-26-7-5-4-6-23(25)26/h4-15,17-18,24,29H,16H2,1-3H3,(H,30,32). The highest BCUT2D eigenvalue weighted by molar-refractivity contribution is 7.92. The lowest BCUT2D eigenvalue weighted by molar-refractivity contribution is -0.120. The average Bonchev–Trinajstić information content (AvgIpc) is 3.28. The fraction of sp³-hybridized carbons (Fsp3) is 0.222. The molecule has 0 aliphatic carbocycles. The van der Waals surface area contributed by atoms with E-state index >= 15 is 0 Å². The van der Waals surface area contributed by atoms with E-state index in [2.05, 4.69) is 10.3 Å². The van der Waals surface area contributed by atoms with E-state index in [0.717, 1.165) is 39.8 Å². The van der Waals surface area contributed by atoms with Crippen LogP contribution in [0.1, 0.15) is 24.0 Å². The van der Waals surface area contributed by atoms with Crippen molar-refractivity contribution in [2.75, 3.05) is 25.5 Å². The van der Waals surface area contributed by atoms with Gasteiger partial charge in [0.25, 0.3) is 0 Å². The molecule has 182 valence electrons. The van der Waals surface area contributed by atoms with Gasteiger partial charge in [0.05, 0.1) is 4.90 Å². The number of hydrogen-bond acceptors (Lipinski definition) is 4. The summed E-state index contributed by atoms with van der Waals surface area (Å²) in [5.74, 6) is -1.35. The van der Waals surface area contributed by atoms with Crippen molar-refractivity contribution < 1.29 is 17.6 Å². The molecule has 0 saturated carbocycles. The number of para-hydroxylation sites is 1. The highest BCUT2D eigenvalue weighted by Crippen LogP contribution is 2.31. The van der Waals surface area contributed by atoms with Crippen LogP contribution in [-0.4, -0.2) is 45.2 Å². The van der Waals surface area contributed by atoms with Crippen LogP contribution >= 0.6 is 0 Å². The maximum atomic E-state index is 13.2. The monoisotopic (exact) mass is 493 g/mol. The second kappa shape index (κ2) is 9.92. The Balaban J connectivity index is 1.61. The van der Waals surface area contributed by atoms with Crippen LogP contribution in [0.3, 0.4) is 0 Å². The smallest absolute Gasteiger partial charge is 0.238 e. The number of hydrogen-bond donors (Lipinski definition) is 2. The summed E-state index contributed by atoms with van der Waals surface area (Å²) >= 11 is 0. The van der Waals surface area contributed by atoms with Crippen molar-refractivity contribution in [3.63, 3.8) is 0 Å². The maximum absolute atomic E-state index is 13.2. The van der Waals surface area contributed by atoms with Crippen LogP contribution in [0.15, 0.2) is 83.9 Å². The van der Waals surface area contributed by atoms with Crippen LogP contribution in [0.25, 0.3) is 10.9 Å². The molecule has 0 saturated heterocycles. The fourth-order valence-electron chi connectivity index (χ4n) is 4.11. The van der Waals surface area contributed by atoms with Crippen molar-refractivity contribution in [1.29, 1.82) is 0 Å². The number of fused-ring (bicyclic) bond motifs is 1. The van der Waals surface area contributed by atoms with Crippen molar-refractivity contribution in [2.45, 2.75) is 23.0 Å². The van der Waals surface area contributed by atoms with Crippen LogP contribution in [-0.2, 0) is 14.6 Å². The van der Waals surface area contributed by atoms with E-state index in [1.54, 1.807) is 0 Å². The lowest BCUT2D eigenvalue weighted by Gasteiger charge is -2.21. The van der Waals surface area contributed by atoms with Gasteiger partial charge < -0.3 is 15.2 Å². The number of nitrogens with zero attached hydrogens (tertiary/aromatic N) is 1. The van der Waals surface area contributed by atoms with E-state index in [0.29, 0.717) is 0 Å².